The first-order valence-corrected chi connectivity index (χ1v) is 8.04. The third-order valence-electron chi connectivity index (χ3n) is 3.56. The quantitative estimate of drug-likeness (QED) is 0.460. The molecule has 0 amide bonds. The fourth-order valence-electron chi connectivity index (χ4n) is 2.30. The zero-order valence-electron chi connectivity index (χ0n) is 14.9. The number of benzene rings is 1. The molecule has 2 N–H and O–H groups in total. The molecular formula is C19H20N2O5. The lowest BCUT2D eigenvalue weighted by molar-refractivity contribution is -0.118. The monoisotopic (exact) mass is 356 g/mol. The summed E-state index contributed by atoms with van der Waals surface area (Å²) in [5, 5.41) is 9.66. The van der Waals surface area contributed by atoms with Crippen LogP contribution in [-0.4, -0.2) is 24.5 Å². The minimum atomic E-state index is -0.802. The van der Waals surface area contributed by atoms with Gasteiger partial charge >= 0.3 is 5.97 Å². The zero-order chi connectivity index (χ0) is 19.3. The van der Waals surface area contributed by atoms with Gasteiger partial charge in [0, 0.05) is 16.6 Å². The molecule has 1 aromatic carbocycles. The number of para-hydroxylation sites is 1. The number of fused-ring (bicyclic) bond motifs is 1. The Morgan fingerprint density at radius 2 is 2.00 bits per heavy atom. The van der Waals surface area contributed by atoms with Crippen LogP contribution in [0, 0.1) is 11.3 Å². The average molecular weight is 356 g/mol. The molecular weight excluding hydrogens is 336 g/mol. The van der Waals surface area contributed by atoms with Crippen LogP contribution < -0.4 is 5.73 Å². The van der Waals surface area contributed by atoms with Crippen molar-refractivity contribution in [3.05, 3.63) is 46.9 Å². The Bertz CT molecular complexity index is 898. The van der Waals surface area contributed by atoms with E-state index in [2.05, 4.69) is 0 Å². The number of carbonyl (C=O) groups is 2. The van der Waals surface area contributed by atoms with E-state index in [-0.39, 0.29) is 29.7 Å². The van der Waals surface area contributed by atoms with Crippen molar-refractivity contribution in [1.29, 1.82) is 5.26 Å². The molecule has 0 atom stereocenters. The van der Waals surface area contributed by atoms with Gasteiger partial charge in [-0.25, -0.2) is 4.79 Å². The van der Waals surface area contributed by atoms with Gasteiger partial charge in [-0.05, 0) is 26.8 Å². The molecule has 0 aliphatic rings. The fourth-order valence-corrected chi connectivity index (χ4v) is 2.30. The smallest absolute Gasteiger partial charge is 0.375 e. The minimum Gasteiger partial charge on any atom is -0.451 e. The Hall–Kier alpha value is -3.11. The molecule has 1 aromatic heterocycles. The van der Waals surface area contributed by atoms with Gasteiger partial charge < -0.3 is 19.6 Å². The van der Waals surface area contributed by atoms with Crippen LogP contribution in [0.15, 0.2) is 40.0 Å². The summed E-state index contributed by atoms with van der Waals surface area (Å²) in [4.78, 5) is 24.3. The first kappa shape index (κ1) is 19.2. The Morgan fingerprint density at radius 3 is 2.62 bits per heavy atom. The van der Waals surface area contributed by atoms with Crippen molar-refractivity contribution in [3.8, 4) is 6.07 Å². The third kappa shape index (κ3) is 4.29. The summed E-state index contributed by atoms with van der Waals surface area (Å²) < 4.78 is 16.2. The van der Waals surface area contributed by atoms with Crippen molar-refractivity contribution >= 4 is 22.7 Å². The van der Waals surface area contributed by atoms with Crippen molar-refractivity contribution in [2.24, 2.45) is 5.73 Å². The number of ether oxygens (including phenoxy) is 2. The highest BCUT2D eigenvalue weighted by atomic mass is 16.5. The van der Waals surface area contributed by atoms with E-state index < -0.39 is 18.4 Å². The van der Waals surface area contributed by atoms with Crippen LogP contribution in [0.4, 0.5) is 0 Å². The van der Waals surface area contributed by atoms with Crippen molar-refractivity contribution in [1.82, 2.24) is 0 Å². The molecule has 0 saturated carbocycles. The number of carbonyl (C=O) groups excluding carboxylic acids is 2. The Morgan fingerprint density at radius 1 is 1.31 bits per heavy atom. The SMILES string of the molecule is CC(N)=C(C#N)C(=O)COC(=O)c1oc2ccccc2c1COC(C)C. The first-order valence-electron chi connectivity index (χ1n) is 8.04. The van der Waals surface area contributed by atoms with Gasteiger partial charge in [-0.2, -0.15) is 5.26 Å². The van der Waals surface area contributed by atoms with Crippen LogP contribution >= 0.6 is 0 Å². The first-order chi connectivity index (χ1) is 12.3. The largest absolute Gasteiger partial charge is 0.451 e. The summed E-state index contributed by atoms with van der Waals surface area (Å²) in [6, 6.07) is 8.85. The number of nitrogens with two attached hydrogens (primary N) is 1. The fraction of sp³-hybridized carbons (Fsp3) is 0.316. The highest BCUT2D eigenvalue weighted by molar-refractivity contribution is 6.02. The van der Waals surface area contributed by atoms with Crippen LogP contribution in [0.5, 0.6) is 0 Å². The number of furan rings is 1. The molecule has 0 bridgehead atoms. The minimum absolute atomic E-state index is 0.0217. The predicted octanol–water partition coefficient (Wildman–Crippen LogP) is 2.84. The summed E-state index contributed by atoms with van der Waals surface area (Å²) >= 11 is 0. The average Bonchev–Trinajstić information content (AvgIpc) is 2.96. The maximum absolute atomic E-state index is 12.4. The molecule has 7 nitrogen and oxygen atoms in total. The third-order valence-corrected chi connectivity index (χ3v) is 3.56. The summed E-state index contributed by atoms with van der Waals surface area (Å²) in [5.41, 5.74) is 6.38. The van der Waals surface area contributed by atoms with Gasteiger partial charge in [0.15, 0.2) is 6.61 Å². The molecule has 0 aliphatic carbocycles. The molecule has 0 saturated heterocycles. The Balaban J connectivity index is 2.24. The molecule has 7 heteroatoms. The van der Waals surface area contributed by atoms with Gasteiger partial charge in [-0.3, -0.25) is 4.79 Å². The number of nitriles is 1. The molecule has 136 valence electrons. The number of hydrogen-bond acceptors (Lipinski definition) is 7. The number of allylic oxidation sites excluding steroid dienone is 1. The molecule has 1 heterocycles. The second kappa shape index (κ2) is 8.32. The summed E-state index contributed by atoms with van der Waals surface area (Å²) in [6.45, 7) is 4.75. The number of ketones is 1. The molecule has 0 radical (unpaired) electrons. The number of nitrogens with zero attached hydrogens (tertiary/aromatic N) is 1. The van der Waals surface area contributed by atoms with Crippen LogP contribution in [0.1, 0.15) is 36.9 Å². The normalized spacial score (nSPS) is 12.0. The van der Waals surface area contributed by atoms with E-state index in [0.717, 1.165) is 5.39 Å². The van der Waals surface area contributed by atoms with Crippen molar-refractivity contribution in [3.63, 3.8) is 0 Å². The molecule has 0 aliphatic heterocycles. The number of Topliss-reactive ketones (excluding diaryl/α,β-unsaturated/α-hetero) is 1. The topological polar surface area (TPSA) is 116 Å². The lowest BCUT2D eigenvalue weighted by Gasteiger charge is -2.08. The van der Waals surface area contributed by atoms with Gasteiger partial charge in [-0.15, -0.1) is 0 Å². The summed E-state index contributed by atoms with van der Waals surface area (Å²) in [6.07, 6.45) is -0.0371. The maximum Gasteiger partial charge on any atom is 0.375 e. The van der Waals surface area contributed by atoms with Crippen LogP contribution in [0.25, 0.3) is 11.0 Å². The van der Waals surface area contributed by atoms with E-state index in [0.29, 0.717) is 11.1 Å². The van der Waals surface area contributed by atoms with Crippen molar-refractivity contribution in [2.45, 2.75) is 33.5 Å². The molecule has 2 aromatic rings. The number of esters is 1. The standard InChI is InChI=1S/C19H20N2O5/c1-11(2)24-9-15-13-6-4-5-7-17(13)26-18(15)19(23)25-10-16(22)14(8-20)12(3)21/h4-7,11H,9-10,21H2,1-3H3. The van der Waals surface area contributed by atoms with E-state index in [4.69, 9.17) is 24.9 Å². The molecule has 0 fully saturated rings. The molecule has 0 spiro atoms. The zero-order valence-corrected chi connectivity index (χ0v) is 14.9. The summed E-state index contributed by atoms with van der Waals surface area (Å²) in [5.74, 6) is -1.49. The van der Waals surface area contributed by atoms with Gasteiger partial charge in [0.05, 0.1) is 12.7 Å². The van der Waals surface area contributed by atoms with Gasteiger partial charge in [0.2, 0.25) is 11.5 Å². The lowest BCUT2D eigenvalue weighted by Crippen LogP contribution is -2.18. The Labute approximate surface area is 151 Å². The summed E-state index contributed by atoms with van der Waals surface area (Å²) in [7, 11) is 0. The van der Waals surface area contributed by atoms with Gasteiger partial charge in [0.25, 0.3) is 0 Å². The van der Waals surface area contributed by atoms with Gasteiger partial charge in [-0.1, -0.05) is 18.2 Å². The van der Waals surface area contributed by atoms with E-state index in [1.54, 1.807) is 18.2 Å². The molecule has 0 unspecified atom stereocenters. The highest BCUT2D eigenvalue weighted by Gasteiger charge is 2.23. The van der Waals surface area contributed by atoms with E-state index in [9.17, 15) is 9.59 Å². The van der Waals surface area contributed by atoms with E-state index in [1.165, 1.54) is 6.92 Å². The second-order valence-electron chi connectivity index (χ2n) is 5.93. The van der Waals surface area contributed by atoms with Crippen LogP contribution in [-0.2, 0) is 20.9 Å². The van der Waals surface area contributed by atoms with Crippen molar-refractivity contribution in [2.75, 3.05) is 6.61 Å². The van der Waals surface area contributed by atoms with Crippen LogP contribution in [0.3, 0.4) is 0 Å². The molecule has 2 rings (SSSR count). The van der Waals surface area contributed by atoms with Crippen molar-refractivity contribution < 1.29 is 23.5 Å². The van der Waals surface area contributed by atoms with Crippen LogP contribution in [0.2, 0.25) is 0 Å². The van der Waals surface area contributed by atoms with E-state index in [1.807, 2.05) is 26.0 Å². The number of rotatable bonds is 7. The second-order valence-corrected chi connectivity index (χ2v) is 5.93. The predicted molar refractivity (Wildman–Crippen MR) is 93.9 cm³/mol. The molecule has 26 heavy (non-hydrogen) atoms. The highest BCUT2D eigenvalue weighted by Crippen LogP contribution is 2.27. The lowest BCUT2D eigenvalue weighted by atomic mass is 10.1. The Kier molecular flexibility index (Phi) is 6.15. The maximum atomic E-state index is 12.4. The van der Waals surface area contributed by atoms with E-state index >= 15 is 0 Å². The number of hydrogen-bond donors (Lipinski definition) is 1. The van der Waals surface area contributed by atoms with Gasteiger partial charge in [0.1, 0.15) is 17.2 Å².